The van der Waals surface area contributed by atoms with Crippen LogP contribution in [-0.2, 0) is 9.59 Å². The van der Waals surface area contributed by atoms with Crippen LogP contribution in [0.25, 0.3) is 0 Å². The molecule has 0 fully saturated rings. The molecule has 0 aromatic rings. The van der Waals surface area contributed by atoms with Crippen LogP contribution in [0.4, 0.5) is 0 Å². The third-order valence-electron chi connectivity index (χ3n) is 1.80. The Morgan fingerprint density at radius 3 is 2.71 bits per heavy atom. The number of hydrazine groups is 1. The smallest absolute Gasteiger partial charge is 0.234 e. The zero-order valence-electron chi connectivity index (χ0n) is 9.01. The van der Waals surface area contributed by atoms with Crippen LogP contribution in [0.15, 0.2) is 0 Å². The van der Waals surface area contributed by atoms with Crippen molar-refractivity contribution in [1.29, 1.82) is 0 Å². The summed E-state index contributed by atoms with van der Waals surface area (Å²) in [6, 6.07) is 0. The highest BCUT2D eigenvalue weighted by atomic mass is 16.2. The summed E-state index contributed by atoms with van der Waals surface area (Å²) in [5.74, 6) is 0.588. The maximum absolute atomic E-state index is 11.1. The highest BCUT2D eigenvalue weighted by Gasteiger charge is 1.99. The molecule has 0 aromatic carbocycles. The summed E-state index contributed by atoms with van der Waals surface area (Å²) >= 11 is 0. The van der Waals surface area contributed by atoms with Gasteiger partial charge in [0.1, 0.15) is 6.29 Å². The van der Waals surface area contributed by atoms with Gasteiger partial charge in [-0.1, -0.05) is 13.8 Å². The fourth-order valence-corrected chi connectivity index (χ4v) is 0.930. The van der Waals surface area contributed by atoms with Crippen LogP contribution in [0.5, 0.6) is 0 Å². The van der Waals surface area contributed by atoms with Crippen molar-refractivity contribution < 1.29 is 9.59 Å². The summed E-state index contributed by atoms with van der Waals surface area (Å²) in [6.45, 7) is 5.05. The van der Waals surface area contributed by atoms with E-state index in [9.17, 15) is 9.59 Å². The Kier molecular flexibility index (Phi) is 8.13. The summed E-state index contributed by atoms with van der Waals surface area (Å²) < 4.78 is 0. The number of carbonyl (C=O) groups is 2. The van der Waals surface area contributed by atoms with Crippen molar-refractivity contribution in [2.75, 3.05) is 6.54 Å². The highest BCUT2D eigenvalue weighted by molar-refractivity contribution is 5.75. The summed E-state index contributed by atoms with van der Waals surface area (Å²) in [7, 11) is 0. The van der Waals surface area contributed by atoms with Gasteiger partial charge >= 0.3 is 0 Å². The van der Waals surface area contributed by atoms with Crippen molar-refractivity contribution in [3.05, 3.63) is 0 Å². The quantitative estimate of drug-likeness (QED) is 0.349. The van der Waals surface area contributed by atoms with Crippen molar-refractivity contribution in [2.24, 2.45) is 5.92 Å². The second kappa shape index (κ2) is 8.69. The monoisotopic (exact) mass is 200 g/mol. The summed E-state index contributed by atoms with van der Waals surface area (Å²) in [5.41, 5.74) is 5.45. The van der Waals surface area contributed by atoms with E-state index in [2.05, 4.69) is 24.7 Å². The fraction of sp³-hybridized carbons (Fsp3) is 0.800. The van der Waals surface area contributed by atoms with Crippen LogP contribution in [0.3, 0.4) is 0 Å². The van der Waals surface area contributed by atoms with E-state index in [1.54, 1.807) is 0 Å². The van der Waals surface area contributed by atoms with Crippen molar-refractivity contribution in [2.45, 2.75) is 39.5 Å². The average Bonchev–Trinajstić information content (AvgIpc) is 2.13. The Hall–Kier alpha value is -0.900. The molecule has 0 rings (SSSR count). The van der Waals surface area contributed by atoms with E-state index in [1.165, 1.54) is 0 Å². The Morgan fingerprint density at radius 1 is 1.43 bits per heavy atom. The van der Waals surface area contributed by atoms with Gasteiger partial charge < -0.3 is 4.79 Å². The van der Waals surface area contributed by atoms with Crippen molar-refractivity contribution in [1.82, 2.24) is 10.9 Å². The number of carbonyl (C=O) groups excluding carboxylic acids is 2. The molecule has 0 heterocycles. The van der Waals surface area contributed by atoms with Gasteiger partial charge in [-0.25, -0.2) is 5.43 Å². The number of amides is 1. The van der Waals surface area contributed by atoms with Crippen molar-refractivity contribution in [3.8, 4) is 0 Å². The molecular weight excluding hydrogens is 180 g/mol. The molecule has 0 saturated carbocycles. The van der Waals surface area contributed by atoms with Gasteiger partial charge in [0.15, 0.2) is 0 Å². The lowest BCUT2D eigenvalue weighted by molar-refractivity contribution is -0.122. The fourth-order valence-electron chi connectivity index (χ4n) is 0.930. The van der Waals surface area contributed by atoms with Crippen LogP contribution in [0.1, 0.15) is 39.5 Å². The van der Waals surface area contributed by atoms with E-state index in [4.69, 9.17) is 0 Å². The molecule has 1 amide bonds. The first-order valence-electron chi connectivity index (χ1n) is 5.12. The molecule has 0 aromatic heterocycles. The van der Waals surface area contributed by atoms with Gasteiger partial charge in [0, 0.05) is 19.4 Å². The van der Waals surface area contributed by atoms with E-state index in [0.29, 0.717) is 25.2 Å². The lowest BCUT2D eigenvalue weighted by atomic mass is 10.1. The first-order chi connectivity index (χ1) is 6.66. The van der Waals surface area contributed by atoms with Gasteiger partial charge in [0.25, 0.3) is 0 Å². The molecule has 4 nitrogen and oxygen atoms in total. The predicted molar refractivity (Wildman–Crippen MR) is 55.5 cm³/mol. The molecule has 0 spiro atoms. The average molecular weight is 200 g/mol. The molecule has 0 atom stereocenters. The second-order valence-corrected chi connectivity index (χ2v) is 3.72. The van der Waals surface area contributed by atoms with Gasteiger partial charge in [-0.05, 0) is 18.8 Å². The van der Waals surface area contributed by atoms with E-state index >= 15 is 0 Å². The number of unbranched alkanes of at least 4 members (excludes halogenated alkanes) is 1. The Balaban J connectivity index is 3.22. The molecule has 0 unspecified atom stereocenters. The minimum atomic E-state index is -0.0457. The molecule has 0 saturated heterocycles. The number of rotatable bonds is 8. The lowest BCUT2D eigenvalue weighted by Gasteiger charge is -2.07. The van der Waals surface area contributed by atoms with Gasteiger partial charge in [-0.3, -0.25) is 10.2 Å². The minimum Gasteiger partial charge on any atom is -0.303 e. The first kappa shape index (κ1) is 13.1. The largest absolute Gasteiger partial charge is 0.303 e. The zero-order valence-corrected chi connectivity index (χ0v) is 9.01. The van der Waals surface area contributed by atoms with E-state index in [1.807, 2.05) is 0 Å². The normalized spacial score (nSPS) is 10.2. The zero-order chi connectivity index (χ0) is 10.8. The third-order valence-corrected chi connectivity index (χ3v) is 1.80. The maximum atomic E-state index is 11.1. The summed E-state index contributed by atoms with van der Waals surface area (Å²) in [6.07, 6.45) is 3.36. The SMILES string of the molecule is CC(C)CCNNC(=O)CCCC=O. The molecule has 0 aliphatic rings. The highest BCUT2D eigenvalue weighted by Crippen LogP contribution is 1.95. The molecule has 0 aliphatic carbocycles. The third kappa shape index (κ3) is 9.19. The molecule has 14 heavy (non-hydrogen) atoms. The lowest BCUT2D eigenvalue weighted by Crippen LogP contribution is -2.38. The van der Waals surface area contributed by atoms with Crippen LogP contribution in [-0.4, -0.2) is 18.7 Å². The standard InChI is InChI=1S/C10H20N2O2/c1-9(2)6-7-11-12-10(14)5-3-4-8-13/h8-9,11H,3-7H2,1-2H3,(H,12,14). The molecule has 82 valence electrons. The number of hydrogen-bond donors (Lipinski definition) is 2. The van der Waals surface area contributed by atoms with E-state index in [0.717, 1.165) is 19.3 Å². The molecule has 0 bridgehead atoms. The Bertz CT molecular complexity index is 170. The molecular formula is C10H20N2O2. The second-order valence-electron chi connectivity index (χ2n) is 3.72. The molecule has 4 heteroatoms. The van der Waals surface area contributed by atoms with Gasteiger partial charge in [-0.15, -0.1) is 0 Å². The van der Waals surface area contributed by atoms with Crippen LogP contribution >= 0.6 is 0 Å². The maximum Gasteiger partial charge on any atom is 0.234 e. The van der Waals surface area contributed by atoms with Crippen molar-refractivity contribution in [3.63, 3.8) is 0 Å². The minimum absolute atomic E-state index is 0.0457. The van der Waals surface area contributed by atoms with Gasteiger partial charge in [-0.2, -0.15) is 0 Å². The first-order valence-corrected chi connectivity index (χ1v) is 5.12. The van der Waals surface area contributed by atoms with E-state index in [-0.39, 0.29) is 5.91 Å². The van der Waals surface area contributed by atoms with Crippen molar-refractivity contribution >= 4 is 12.2 Å². The Labute approximate surface area is 85.4 Å². The van der Waals surface area contributed by atoms with Crippen LogP contribution in [0, 0.1) is 5.92 Å². The van der Waals surface area contributed by atoms with Crippen LogP contribution in [0.2, 0.25) is 0 Å². The van der Waals surface area contributed by atoms with Gasteiger partial charge in [0.2, 0.25) is 5.91 Å². The molecule has 0 aliphatic heterocycles. The van der Waals surface area contributed by atoms with Crippen LogP contribution < -0.4 is 10.9 Å². The topological polar surface area (TPSA) is 58.2 Å². The summed E-state index contributed by atoms with van der Waals surface area (Å²) in [5, 5.41) is 0. The predicted octanol–water partition coefficient (Wildman–Crippen LogP) is 1.02. The molecule has 2 N–H and O–H groups in total. The van der Waals surface area contributed by atoms with Gasteiger partial charge in [0.05, 0.1) is 0 Å². The molecule has 0 radical (unpaired) electrons. The number of hydrogen-bond acceptors (Lipinski definition) is 3. The summed E-state index contributed by atoms with van der Waals surface area (Å²) in [4.78, 5) is 21.0. The Morgan fingerprint density at radius 2 is 2.14 bits per heavy atom. The van der Waals surface area contributed by atoms with E-state index < -0.39 is 0 Å². The number of aldehydes is 1. The number of nitrogens with one attached hydrogen (secondary N) is 2.